The van der Waals surface area contributed by atoms with Crippen LogP contribution in [0.2, 0.25) is 15.1 Å². The number of nitrogens with zero attached hydrogens (tertiary/aromatic N) is 2. The number of amides is 1. The zero-order valence-electron chi connectivity index (χ0n) is 19.7. The molecule has 192 valence electrons. The minimum atomic E-state index is -0.984. The SMILES string of the molecule is O=C(O)CCNC(=O)c1ccc2c(c1)nc(-c1ccc(-c3cccc(Cl)c3)o1)n2Cc1ccc(Cl)c(Cl)c1. The Balaban J connectivity index is 1.56. The summed E-state index contributed by atoms with van der Waals surface area (Å²) in [7, 11) is 0. The first-order valence-corrected chi connectivity index (χ1v) is 12.7. The van der Waals surface area contributed by atoms with E-state index >= 15 is 0 Å². The van der Waals surface area contributed by atoms with Gasteiger partial charge in [0, 0.05) is 29.2 Å². The van der Waals surface area contributed by atoms with Gasteiger partial charge in [-0.25, -0.2) is 4.98 Å². The third kappa shape index (κ3) is 5.55. The lowest BCUT2D eigenvalue weighted by molar-refractivity contribution is -0.136. The molecule has 10 heteroatoms. The van der Waals surface area contributed by atoms with E-state index in [4.69, 9.17) is 49.3 Å². The van der Waals surface area contributed by atoms with Gasteiger partial charge in [0.2, 0.25) is 0 Å². The summed E-state index contributed by atoms with van der Waals surface area (Å²) in [5.41, 5.74) is 3.45. The van der Waals surface area contributed by atoms with Crippen LogP contribution in [0.5, 0.6) is 0 Å². The zero-order chi connectivity index (χ0) is 26.8. The van der Waals surface area contributed by atoms with E-state index in [0.29, 0.717) is 50.0 Å². The maximum absolute atomic E-state index is 12.6. The Bertz CT molecular complexity index is 1680. The van der Waals surface area contributed by atoms with E-state index in [1.54, 1.807) is 36.4 Å². The molecule has 0 saturated carbocycles. The zero-order valence-corrected chi connectivity index (χ0v) is 22.0. The van der Waals surface area contributed by atoms with Crippen LogP contribution in [0.25, 0.3) is 33.9 Å². The van der Waals surface area contributed by atoms with Crippen LogP contribution in [0, 0.1) is 0 Å². The number of carbonyl (C=O) groups is 2. The summed E-state index contributed by atoms with van der Waals surface area (Å²) in [6.45, 7) is 0.446. The lowest BCUT2D eigenvalue weighted by atomic mass is 10.1. The number of imidazole rings is 1. The van der Waals surface area contributed by atoms with Crippen LogP contribution >= 0.6 is 34.8 Å². The second kappa shape index (κ2) is 10.9. The van der Waals surface area contributed by atoms with Gasteiger partial charge < -0.3 is 19.4 Å². The van der Waals surface area contributed by atoms with Crippen LogP contribution in [0.1, 0.15) is 22.3 Å². The number of carbonyl (C=O) groups excluding carboxylic acids is 1. The highest BCUT2D eigenvalue weighted by Crippen LogP contribution is 2.33. The Morgan fingerprint density at radius 2 is 1.74 bits per heavy atom. The lowest BCUT2D eigenvalue weighted by Gasteiger charge is -2.10. The molecule has 1 amide bonds. The molecule has 0 spiro atoms. The van der Waals surface area contributed by atoms with Crippen LogP contribution in [0.3, 0.4) is 0 Å². The van der Waals surface area contributed by atoms with Crippen molar-refractivity contribution < 1.29 is 19.1 Å². The van der Waals surface area contributed by atoms with Gasteiger partial charge in [-0.2, -0.15) is 0 Å². The molecule has 0 aliphatic rings. The average Bonchev–Trinajstić information content (AvgIpc) is 3.51. The van der Waals surface area contributed by atoms with Crippen molar-refractivity contribution in [2.45, 2.75) is 13.0 Å². The highest BCUT2D eigenvalue weighted by atomic mass is 35.5. The number of halogens is 3. The fourth-order valence-corrected chi connectivity index (χ4v) is 4.59. The third-order valence-electron chi connectivity index (χ3n) is 5.90. The molecule has 5 aromatic rings. The molecule has 0 atom stereocenters. The lowest BCUT2D eigenvalue weighted by Crippen LogP contribution is -2.25. The van der Waals surface area contributed by atoms with Crippen molar-refractivity contribution in [2.24, 2.45) is 0 Å². The van der Waals surface area contributed by atoms with Gasteiger partial charge >= 0.3 is 5.97 Å². The number of carboxylic acid groups (broad SMARTS) is 1. The summed E-state index contributed by atoms with van der Waals surface area (Å²) in [5, 5.41) is 12.9. The van der Waals surface area contributed by atoms with Crippen molar-refractivity contribution in [2.75, 3.05) is 6.54 Å². The Morgan fingerprint density at radius 1 is 0.921 bits per heavy atom. The number of nitrogens with one attached hydrogen (secondary N) is 1. The van der Waals surface area contributed by atoms with Gasteiger partial charge in [0.05, 0.1) is 27.5 Å². The van der Waals surface area contributed by atoms with E-state index < -0.39 is 5.97 Å². The van der Waals surface area contributed by atoms with Crippen molar-refractivity contribution in [1.82, 2.24) is 14.9 Å². The molecule has 7 nitrogen and oxygen atoms in total. The number of fused-ring (bicyclic) bond motifs is 1. The molecule has 0 fully saturated rings. The monoisotopic (exact) mass is 567 g/mol. The predicted octanol–water partition coefficient (Wildman–Crippen LogP) is 7.18. The molecule has 0 aliphatic carbocycles. The summed E-state index contributed by atoms with van der Waals surface area (Å²) in [6, 6.07) is 21.6. The number of hydrogen-bond acceptors (Lipinski definition) is 4. The molecular weight excluding hydrogens is 549 g/mol. The second-order valence-electron chi connectivity index (χ2n) is 8.55. The minimum absolute atomic E-state index is 0.0297. The van der Waals surface area contributed by atoms with Crippen molar-refractivity contribution in [3.63, 3.8) is 0 Å². The van der Waals surface area contributed by atoms with E-state index in [9.17, 15) is 9.59 Å². The van der Waals surface area contributed by atoms with Gasteiger partial charge in [-0.05, 0) is 60.2 Å². The van der Waals surface area contributed by atoms with Crippen LogP contribution in [0.15, 0.2) is 77.2 Å². The molecule has 5 rings (SSSR count). The van der Waals surface area contributed by atoms with E-state index in [0.717, 1.165) is 16.6 Å². The maximum Gasteiger partial charge on any atom is 0.305 e. The molecule has 0 aliphatic heterocycles. The summed E-state index contributed by atoms with van der Waals surface area (Å²) >= 11 is 18.5. The van der Waals surface area contributed by atoms with Crippen molar-refractivity contribution >= 4 is 57.7 Å². The summed E-state index contributed by atoms with van der Waals surface area (Å²) in [6.07, 6.45) is -0.163. The van der Waals surface area contributed by atoms with Crippen LogP contribution in [0.4, 0.5) is 0 Å². The van der Waals surface area contributed by atoms with E-state index in [1.807, 2.05) is 41.0 Å². The highest BCUT2D eigenvalue weighted by molar-refractivity contribution is 6.42. The first-order valence-electron chi connectivity index (χ1n) is 11.6. The van der Waals surface area contributed by atoms with E-state index in [-0.39, 0.29) is 18.9 Å². The standard InChI is InChI=1S/C28H20Cl3N3O4/c29-19-3-1-2-17(13-19)24-8-9-25(38-24)27-33-22-14-18(28(37)32-11-10-26(35)36)5-7-23(22)34(27)15-16-4-6-20(30)21(31)12-16/h1-9,12-14H,10-11,15H2,(H,32,37)(H,35,36). The molecule has 0 unspecified atom stereocenters. The average molecular weight is 569 g/mol. The van der Waals surface area contributed by atoms with E-state index in [1.165, 1.54) is 0 Å². The number of aromatic nitrogens is 2. The smallest absolute Gasteiger partial charge is 0.305 e. The number of rotatable bonds is 8. The molecule has 38 heavy (non-hydrogen) atoms. The molecular formula is C28H20Cl3N3O4. The number of furan rings is 1. The molecule has 2 N–H and O–H groups in total. The van der Waals surface area contributed by atoms with Crippen molar-refractivity contribution in [3.8, 4) is 22.9 Å². The second-order valence-corrected chi connectivity index (χ2v) is 9.80. The van der Waals surface area contributed by atoms with Gasteiger partial charge in [-0.3, -0.25) is 9.59 Å². The Labute approximate surface area is 232 Å². The summed E-state index contributed by atoms with van der Waals surface area (Å²) in [4.78, 5) is 28.2. The fraction of sp³-hybridized carbons (Fsp3) is 0.107. The largest absolute Gasteiger partial charge is 0.481 e. The normalized spacial score (nSPS) is 11.1. The molecule has 2 aromatic heterocycles. The van der Waals surface area contributed by atoms with Crippen LogP contribution < -0.4 is 5.32 Å². The van der Waals surface area contributed by atoms with Crippen LogP contribution in [-0.4, -0.2) is 33.1 Å². The Hall–Kier alpha value is -3.78. The number of benzene rings is 3. The van der Waals surface area contributed by atoms with Crippen molar-refractivity contribution in [1.29, 1.82) is 0 Å². The summed E-state index contributed by atoms with van der Waals surface area (Å²) in [5.74, 6) is 0.359. The van der Waals surface area contributed by atoms with Crippen LogP contribution in [-0.2, 0) is 11.3 Å². The predicted molar refractivity (Wildman–Crippen MR) is 148 cm³/mol. The minimum Gasteiger partial charge on any atom is -0.481 e. The molecule has 0 bridgehead atoms. The van der Waals surface area contributed by atoms with E-state index in [2.05, 4.69) is 5.32 Å². The van der Waals surface area contributed by atoms with Crippen molar-refractivity contribution in [3.05, 3.63) is 99.0 Å². The fourth-order valence-electron chi connectivity index (χ4n) is 4.08. The maximum atomic E-state index is 12.6. The van der Waals surface area contributed by atoms with Gasteiger partial charge in [-0.1, -0.05) is 53.0 Å². The third-order valence-corrected chi connectivity index (χ3v) is 6.87. The first-order chi connectivity index (χ1) is 18.3. The topological polar surface area (TPSA) is 97.4 Å². The van der Waals surface area contributed by atoms with Gasteiger partial charge in [0.15, 0.2) is 11.6 Å². The highest BCUT2D eigenvalue weighted by Gasteiger charge is 2.19. The van der Waals surface area contributed by atoms with Gasteiger partial charge in [0.1, 0.15) is 5.76 Å². The van der Waals surface area contributed by atoms with Gasteiger partial charge in [0.25, 0.3) is 5.91 Å². The molecule has 2 heterocycles. The number of hydrogen-bond donors (Lipinski definition) is 2. The quantitative estimate of drug-likeness (QED) is 0.207. The first kappa shape index (κ1) is 25.9. The number of carboxylic acids is 1. The Morgan fingerprint density at radius 3 is 2.50 bits per heavy atom. The molecule has 3 aromatic carbocycles. The molecule has 0 saturated heterocycles. The van der Waals surface area contributed by atoms with Gasteiger partial charge in [-0.15, -0.1) is 0 Å². The summed E-state index contributed by atoms with van der Waals surface area (Å²) < 4.78 is 8.16. The number of aliphatic carboxylic acids is 1. The molecule has 0 radical (unpaired) electrons. The Kier molecular flexibility index (Phi) is 7.42.